The molecular formula is C17H15F3N8. The molecule has 1 N–H and O–H groups in total. The number of alkyl halides is 3. The summed E-state index contributed by atoms with van der Waals surface area (Å²) in [5, 5.41) is 11.4. The number of aromatic nitrogens is 7. The average Bonchev–Trinajstić information content (AvgIpc) is 3.37. The lowest BCUT2D eigenvalue weighted by molar-refractivity contribution is -0.141. The van der Waals surface area contributed by atoms with Crippen molar-refractivity contribution < 1.29 is 13.2 Å². The monoisotopic (exact) mass is 388 g/mol. The summed E-state index contributed by atoms with van der Waals surface area (Å²) in [5.41, 5.74) is 2.19. The number of nitrogens with zero attached hydrogens (tertiary/aromatic N) is 7. The first-order valence-electron chi connectivity index (χ1n) is 8.60. The molecule has 144 valence electrons. The van der Waals surface area contributed by atoms with E-state index in [4.69, 9.17) is 0 Å². The summed E-state index contributed by atoms with van der Waals surface area (Å²) in [5.74, 6) is 0.597. The first-order chi connectivity index (χ1) is 13.4. The summed E-state index contributed by atoms with van der Waals surface area (Å²) in [6, 6.07) is 3.62. The second kappa shape index (κ2) is 5.81. The van der Waals surface area contributed by atoms with E-state index >= 15 is 0 Å². The molecule has 4 aromatic rings. The quantitative estimate of drug-likeness (QED) is 0.571. The minimum Gasteiger partial charge on any atom is -0.349 e. The molecule has 0 radical (unpaired) electrons. The number of aryl methyl sites for hydroxylation is 1. The number of fused-ring (bicyclic) bond motifs is 2. The molecule has 0 spiro atoms. The maximum atomic E-state index is 13.2. The number of nitrogens with one attached hydrogen (secondary N) is 1. The number of anilines is 1. The van der Waals surface area contributed by atoms with E-state index in [1.807, 2.05) is 24.2 Å². The second-order valence-corrected chi connectivity index (χ2v) is 6.69. The number of hydrogen-bond acceptors (Lipinski definition) is 5. The summed E-state index contributed by atoms with van der Waals surface area (Å²) in [4.78, 5) is 10.1. The molecule has 28 heavy (non-hydrogen) atoms. The van der Waals surface area contributed by atoms with E-state index in [1.165, 1.54) is 6.33 Å². The van der Waals surface area contributed by atoms with Gasteiger partial charge >= 0.3 is 6.18 Å². The molecule has 0 atom stereocenters. The lowest BCUT2D eigenvalue weighted by atomic mass is 10.2. The van der Waals surface area contributed by atoms with Gasteiger partial charge in [0.1, 0.15) is 17.0 Å². The Kier molecular flexibility index (Phi) is 3.48. The first-order valence-corrected chi connectivity index (χ1v) is 8.60. The molecule has 1 aliphatic rings. The number of halogens is 3. The van der Waals surface area contributed by atoms with Crippen LogP contribution in [-0.4, -0.2) is 41.1 Å². The van der Waals surface area contributed by atoms with Crippen LogP contribution in [-0.2, 0) is 26.3 Å². The number of imidazole rings is 1. The van der Waals surface area contributed by atoms with Crippen molar-refractivity contribution in [3.8, 4) is 11.3 Å². The van der Waals surface area contributed by atoms with Crippen molar-refractivity contribution in [3.05, 3.63) is 42.2 Å². The van der Waals surface area contributed by atoms with E-state index in [9.17, 15) is 13.2 Å². The fourth-order valence-corrected chi connectivity index (χ4v) is 3.50. The predicted molar refractivity (Wildman–Crippen MR) is 94.4 cm³/mol. The van der Waals surface area contributed by atoms with Crippen molar-refractivity contribution in [1.82, 2.24) is 34.5 Å². The molecule has 0 unspecified atom stereocenters. The summed E-state index contributed by atoms with van der Waals surface area (Å²) in [6.45, 7) is 1.05. The molecule has 8 nitrogen and oxygen atoms in total. The van der Waals surface area contributed by atoms with Crippen molar-refractivity contribution >= 4 is 16.9 Å². The van der Waals surface area contributed by atoms with Crippen LogP contribution in [0.5, 0.6) is 0 Å². The maximum Gasteiger partial charge on any atom is 0.435 e. The lowest BCUT2D eigenvalue weighted by Gasteiger charge is -2.29. The largest absolute Gasteiger partial charge is 0.435 e. The van der Waals surface area contributed by atoms with Crippen LogP contribution < -0.4 is 4.90 Å². The van der Waals surface area contributed by atoms with E-state index in [1.54, 1.807) is 21.5 Å². The molecule has 0 saturated carbocycles. The zero-order valence-electron chi connectivity index (χ0n) is 14.8. The van der Waals surface area contributed by atoms with Crippen molar-refractivity contribution in [3.63, 3.8) is 0 Å². The zero-order valence-corrected chi connectivity index (χ0v) is 14.8. The van der Waals surface area contributed by atoms with Gasteiger partial charge in [-0.15, -0.1) is 0 Å². The van der Waals surface area contributed by atoms with Crippen LogP contribution in [0, 0.1) is 0 Å². The summed E-state index contributed by atoms with van der Waals surface area (Å²) >= 11 is 0. The number of hydrogen-bond donors (Lipinski definition) is 1. The highest BCUT2D eigenvalue weighted by atomic mass is 19.4. The minimum absolute atomic E-state index is 0.0907. The van der Waals surface area contributed by atoms with Gasteiger partial charge in [-0.25, -0.2) is 9.97 Å². The highest BCUT2D eigenvalue weighted by molar-refractivity contribution is 5.90. The molecule has 11 heteroatoms. The first kappa shape index (κ1) is 16.8. The van der Waals surface area contributed by atoms with Crippen LogP contribution >= 0.6 is 0 Å². The van der Waals surface area contributed by atoms with Crippen LogP contribution in [0.4, 0.5) is 19.0 Å². The highest BCUT2D eigenvalue weighted by Gasteiger charge is 2.38. The standard InChI is InChI=1S/C17H15F3N8/c1-26-7-10(6-22-26)14-15-11(24-25-14)2-3-13(23-15)27-4-5-28-9-21-16(12(28)8-27)17(18,19)20/h2-3,6-7,9H,4-5,8H2,1H3,(H,24,25). The van der Waals surface area contributed by atoms with Crippen LogP contribution in [0.3, 0.4) is 0 Å². The van der Waals surface area contributed by atoms with E-state index in [0.717, 1.165) is 11.1 Å². The Labute approximate surface area is 156 Å². The molecule has 0 fully saturated rings. The van der Waals surface area contributed by atoms with E-state index in [2.05, 4.69) is 25.3 Å². The average molecular weight is 388 g/mol. The topological polar surface area (TPSA) is 80.5 Å². The Bertz CT molecular complexity index is 1170. The molecule has 0 aliphatic carbocycles. The van der Waals surface area contributed by atoms with Gasteiger partial charge in [0.25, 0.3) is 0 Å². The second-order valence-electron chi connectivity index (χ2n) is 6.69. The van der Waals surface area contributed by atoms with Gasteiger partial charge in [0, 0.05) is 31.9 Å². The third-order valence-corrected chi connectivity index (χ3v) is 4.86. The number of rotatable bonds is 2. The van der Waals surface area contributed by atoms with Gasteiger partial charge in [-0.05, 0) is 12.1 Å². The van der Waals surface area contributed by atoms with Crippen molar-refractivity contribution in [1.29, 1.82) is 0 Å². The van der Waals surface area contributed by atoms with Crippen LogP contribution in [0.2, 0.25) is 0 Å². The maximum absolute atomic E-state index is 13.2. The molecule has 0 saturated heterocycles. The zero-order chi connectivity index (χ0) is 19.5. The molecule has 4 aromatic heterocycles. The fraction of sp³-hybridized carbons (Fsp3) is 0.294. The number of H-pyrrole nitrogens is 1. The number of aromatic amines is 1. The highest BCUT2D eigenvalue weighted by Crippen LogP contribution is 2.34. The molecule has 0 bridgehead atoms. The van der Waals surface area contributed by atoms with Crippen LogP contribution in [0.25, 0.3) is 22.3 Å². The molecular weight excluding hydrogens is 373 g/mol. The summed E-state index contributed by atoms with van der Waals surface area (Å²) < 4.78 is 42.9. The molecule has 5 rings (SSSR count). The Balaban J connectivity index is 1.53. The number of pyridine rings is 1. The van der Waals surface area contributed by atoms with E-state index in [0.29, 0.717) is 30.1 Å². The minimum atomic E-state index is -4.47. The van der Waals surface area contributed by atoms with Gasteiger partial charge in [-0.3, -0.25) is 9.78 Å². The predicted octanol–water partition coefficient (Wildman–Crippen LogP) is 2.59. The Morgan fingerprint density at radius 2 is 2.04 bits per heavy atom. The van der Waals surface area contributed by atoms with Gasteiger partial charge in [-0.2, -0.15) is 23.4 Å². The smallest absolute Gasteiger partial charge is 0.349 e. The fourth-order valence-electron chi connectivity index (χ4n) is 3.50. The van der Waals surface area contributed by atoms with Gasteiger partial charge < -0.3 is 9.47 Å². The molecule has 5 heterocycles. The third kappa shape index (κ3) is 2.62. The van der Waals surface area contributed by atoms with Crippen molar-refractivity contribution in [2.45, 2.75) is 19.3 Å². The van der Waals surface area contributed by atoms with Crippen molar-refractivity contribution in [2.24, 2.45) is 7.05 Å². The van der Waals surface area contributed by atoms with Gasteiger partial charge in [0.15, 0.2) is 5.69 Å². The van der Waals surface area contributed by atoms with E-state index in [-0.39, 0.29) is 12.2 Å². The third-order valence-electron chi connectivity index (χ3n) is 4.86. The van der Waals surface area contributed by atoms with Crippen LogP contribution in [0.1, 0.15) is 11.4 Å². The summed E-state index contributed by atoms with van der Waals surface area (Å²) in [7, 11) is 1.81. The van der Waals surface area contributed by atoms with Gasteiger partial charge in [-0.1, -0.05) is 0 Å². The lowest BCUT2D eigenvalue weighted by Crippen LogP contribution is -2.34. The molecule has 0 aromatic carbocycles. The van der Waals surface area contributed by atoms with Gasteiger partial charge in [0.05, 0.1) is 30.3 Å². The van der Waals surface area contributed by atoms with E-state index < -0.39 is 11.9 Å². The van der Waals surface area contributed by atoms with Gasteiger partial charge in [0.2, 0.25) is 0 Å². The Morgan fingerprint density at radius 3 is 2.79 bits per heavy atom. The SMILES string of the molecule is Cn1cc(-c2n[nH]c3ccc(N4CCn5cnc(C(F)(F)F)c5C4)nc23)cn1. The summed E-state index contributed by atoms with van der Waals surface area (Å²) in [6.07, 6.45) is 0.305. The van der Waals surface area contributed by atoms with Crippen molar-refractivity contribution in [2.75, 3.05) is 11.4 Å². The van der Waals surface area contributed by atoms with Crippen LogP contribution in [0.15, 0.2) is 30.9 Å². The normalized spacial score (nSPS) is 14.6. The molecule has 0 amide bonds. The Morgan fingerprint density at radius 1 is 1.18 bits per heavy atom. The molecule has 1 aliphatic heterocycles. The Hall–Kier alpha value is -3.37.